The van der Waals surface area contributed by atoms with Crippen LogP contribution in [0, 0.1) is 0 Å². The first kappa shape index (κ1) is 10.8. The lowest BCUT2D eigenvalue weighted by Crippen LogP contribution is -2.37. The second-order valence-corrected chi connectivity index (χ2v) is 3.98. The summed E-state index contributed by atoms with van der Waals surface area (Å²) >= 11 is 0. The van der Waals surface area contributed by atoms with Crippen molar-refractivity contribution < 1.29 is 4.79 Å². The van der Waals surface area contributed by atoms with Crippen molar-refractivity contribution in [1.29, 1.82) is 0 Å². The van der Waals surface area contributed by atoms with Crippen LogP contribution >= 0.6 is 12.4 Å². The summed E-state index contributed by atoms with van der Waals surface area (Å²) in [7, 11) is 0. The zero-order chi connectivity index (χ0) is 8.39. The molecule has 0 unspecified atom stereocenters. The summed E-state index contributed by atoms with van der Waals surface area (Å²) < 4.78 is 0. The molecule has 0 aromatic heterocycles. The van der Waals surface area contributed by atoms with E-state index in [9.17, 15) is 4.79 Å². The fourth-order valence-corrected chi connectivity index (χ4v) is 2.45. The van der Waals surface area contributed by atoms with Crippen molar-refractivity contribution in [2.24, 2.45) is 0 Å². The molecule has 1 aliphatic carbocycles. The van der Waals surface area contributed by atoms with E-state index in [1.165, 1.54) is 32.1 Å². The molecule has 2 rings (SSSR count). The molecule has 0 spiro atoms. The molecular weight excluding hydrogens is 186 g/mol. The molecule has 2 aliphatic rings. The molecule has 0 aromatic carbocycles. The number of likely N-dealkylation sites (tertiary alicyclic amines) is 1. The third-order valence-corrected chi connectivity index (χ3v) is 3.13. The molecule has 1 saturated heterocycles. The van der Waals surface area contributed by atoms with Crippen LogP contribution in [0.2, 0.25) is 0 Å². The minimum atomic E-state index is 0. The van der Waals surface area contributed by atoms with Crippen LogP contribution < -0.4 is 0 Å². The van der Waals surface area contributed by atoms with Gasteiger partial charge >= 0.3 is 0 Å². The zero-order valence-electron chi connectivity index (χ0n) is 8.00. The second kappa shape index (κ2) is 4.85. The van der Waals surface area contributed by atoms with E-state index in [1.54, 1.807) is 0 Å². The fourth-order valence-electron chi connectivity index (χ4n) is 2.45. The molecule has 2 nitrogen and oxygen atoms in total. The van der Waals surface area contributed by atoms with Crippen LogP contribution in [0.3, 0.4) is 0 Å². The average Bonchev–Trinajstić information content (AvgIpc) is 2.53. The molecule has 0 aromatic rings. The molecule has 3 heteroatoms. The normalized spacial score (nSPS) is 24.6. The summed E-state index contributed by atoms with van der Waals surface area (Å²) in [6.07, 6.45) is 8.44. The molecule has 0 radical (unpaired) electrons. The number of carbonyl (C=O) groups excluding carboxylic acids is 1. The predicted octanol–water partition coefficient (Wildman–Crippen LogP) is 2.36. The van der Waals surface area contributed by atoms with Crippen LogP contribution in [0.1, 0.15) is 44.9 Å². The van der Waals surface area contributed by atoms with Crippen LogP contribution in [0.15, 0.2) is 0 Å². The number of rotatable bonds is 1. The summed E-state index contributed by atoms with van der Waals surface area (Å²) in [5, 5.41) is 0. The van der Waals surface area contributed by atoms with Gasteiger partial charge in [0.1, 0.15) is 0 Å². The van der Waals surface area contributed by atoms with E-state index in [4.69, 9.17) is 0 Å². The summed E-state index contributed by atoms with van der Waals surface area (Å²) in [4.78, 5) is 13.5. The molecule has 1 saturated carbocycles. The standard InChI is InChI=1S/C10H17NO.ClH/c12-10-7-4-8-11(10)9-5-2-1-3-6-9;/h9H,1-8H2;1H. The number of hydrogen-bond donors (Lipinski definition) is 0. The van der Waals surface area contributed by atoms with E-state index in [2.05, 4.69) is 4.90 Å². The lowest BCUT2D eigenvalue weighted by Gasteiger charge is -2.30. The van der Waals surface area contributed by atoms with Gasteiger partial charge in [-0.25, -0.2) is 0 Å². The smallest absolute Gasteiger partial charge is 0.222 e. The topological polar surface area (TPSA) is 20.3 Å². The van der Waals surface area contributed by atoms with E-state index < -0.39 is 0 Å². The van der Waals surface area contributed by atoms with Crippen molar-refractivity contribution in [2.45, 2.75) is 51.0 Å². The Bertz CT molecular complexity index is 178. The number of hydrogen-bond acceptors (Lipinski definition) is 1. The van der Waals surface area contributed by atoms with Crippen molar-refractivity contribution in [3.63, 3.8) is 0 Å². The molecule has 0 atom stereocenters. The van der Waals surface area contributed by atoms with Gasteiger partial charge in [-0.3, -0.25) is 4.79 Å². The monoisotopic (exact) mass is 203 g/mol. The molecule has 1 heterocycles. The van der Waals surface area contributed by atoms with Gasteiger partial charge in [-0.1, -0.05) is 19.3 Å². The van der Waals surface area contributed by atoms with Gasteiger partial charge in [-0.05, 0) is 19.3 Å². The number of amides is 1. The molecule has 1 aliphatic heterocycles. The molecule has 1 amide bonds. The molecular formula is C10H18ClNO. The van der Waals surface area contributed by atoms with Crippen molar-refractivity contribution >= 4 is 18.3 Å². The van der Waals surface area contributed by atoms with E-state index in [0.717, 1.165) is 19.4 Å². The lowest BCUT2D eigenvalue weighted by molar-refractivity contribution is -0.130. The minimum absolute atomic E-state index is 0. The Labute approximate surface area is 86.1 Å². The molecule has 0 bridgehead atoms. The van der Waals surface area contributed by atoms with Gasteiger partial charge in [0, 0.05) is 19.0 Å². The van der Waals surface area contributed by atoms with E-state index in [0.29, 0.717) is 11.9 Å². The van der Waals surface area contributed by atoms with Gasteiger partial charge in [-0.15, -0.1) is 12.4 Å². The number of halogens is 1. The summed E-state index contributed by atoms with van der Waals surface area (Å²) in [5.41, 5.74) is 0. The molecule has 0 N–H and O–H groups in total. The van der Waals surface area contributed by atoms with E-state index in [1.807, 2.05) is 0 Å². The highest BCUT2D eigenvalue weighted by Gasteiger charge is 2.28. The van der Waals surface area contributed by atoms with Crippen molar-refractivity contribution in [2.75, 3.05) is 6.54 Å². The van der Waals surface area contributed by atoms with Gasteiger partial charge in [0.05, 0.1) is 0 Å². The van der Waals surface area contributed by atoms with Gasteiger partial charge in [0.2, 0.25) is 5.91 Å². The first-order chi connectivity index (χ1) is 5.88. The fraction of sp³-hybridized carbons (Fsp3) is 0.900. The SMILES string of the molecule is Cl.O=C1CCCN1C1CCCCC1. The highest BCUT2D eigenvalue weighted by Crippen LogP contribution is 2.25. The van der Waals surface area contributed by atoms with E-state index in [-0.39, 0.29) is 12.4 Å². The maximum absolute atomic E-state index is 11.4. The van der Waals surface area contributed by atoms with E-state index >= 15 is 0 Å². The Morgan fingerprint density at radius 2 is 1.77 bits per heavy atom. The summed E-state index contributed by atoms with van der Waals surface area (Å²) in [6.45, 7) is 1.03. The van der Waals surface area contributed by atoms with Gasteiger partial charge in [0.25, 0.3) is 0 Å². The third-order valence-electron chi connectivity index (χ3n) is 3.13. The summed E-state index contributed by atoms with van der Waals surface area (Å²) in [5.74, 6) is 0.405. The lowest BCUT2D eigenvalue weighted by atomic mass is 9.94. The van der Waals surface area contributed by atoms with Crippen LogP contribution in [0.25, 0.3) is 0 Å². The van der Waals surface area contributed by atoms with Gasteiger partial charge < -0.3 is 4.90 Å². The summed E-state index contributed by atoms with van der Waals surface area (Å²) in [6, 6.07) is 0.605. The van der Waals surface area contributed by atoms with Crippen LogP contribution in [0.4, 0.5) is 0 Å². The Morgan fingerprint density at radius 1 is 1.08 bits per heavy atom. The number of nitrogens with zero attached hydrogens (tertiary/aromatic N) is 1. The van der Waals surface area contributed by atoms with Crippen LogP contribution in [-0.2, 0) is 4.79 Å². The third kappa shape index (κ3) is 2.37. The largest absolute Gasteiger partial charge is 0.340 e. The van der Waals surface area contributed by atoms with Crippen LogP contribution in [-0.4, -0.2) is 23.4 Å². The number of carbonyl (C=O) groups is 1. The molecule has 76 valence electrons. The van der Waals surface area contributed by atoms with Gasteiger partial charge in [0.15, 0.2) is 0 Å². The van der Waals surface area contributed by atoms with Crippen LogP contribution in [0.5, 0.6) is 0 Å². The highest BCUT2D eigenvalue weighted by atomic mass is 35.5. The molecule has 13 heavy (non-hydrogen) atoms. The predicted molar refractivity (Wildman–Crippen MR) is 55.1 cm³/mol. The highest BCUT2D eigenvalue weighted by molar-refractivity contribution is 5.85. The maximum Gasteiger partial charge on any atom is 0.222 e. The Balaban J connectivity index is 0.000000845. The quantitative estimate of drug-likeness (QED) is 0.641. The van der Waals surface area contributed by atoms with Crippen molar-refractivity contribution in [3.8, 4) is 0 Å². The Morgan fingerprint density at radius 3 is 2.31 bits per heavy atom. The Hall–Kier alpha value is -0.240. The average molecular weight is 204 g/mol. The maximum atomic E-state index is 11.4. The minimum Gasteiger partial charge on any atom is -0.340 e. The van der Waals surface area contributed by atoms with Crippen molar-refractivity contribution in [1.82, 2.24) is 4.90 Å². The van der Waals surface area contributed by atoms with Gasteiger partial charge in [-0.2, -0.15) is 0 Å². The molecule has 2 fully saturated rings. The van der Waals surface area contributed by atoms with Crippen molar-refractivity contribution in [3.05, 3.63) is 0 Å². The second-order valence-electron chi connectivity index (χ2n) is 3.98. The zero-order valence-corrected chi connectivity index (χ0v) is 8.81. The Kier molecular flexibility index (Phi) is 4.04. The first-order valence-electron chi connectivity index (χ1n) is 5.17. The first-order valence-corrected chi connectivity index (χ1v) is 5.17.